The van der Waals surface area contributed by atoms with Crippen LogP contribution >= 0.6 is 12.4 Å². The molecule has 0 atom stereocenters. The zero-order valence-electron chi connectivity index (χ0n) is 20.1. The van der Waals surface area contributed by atoms with Gasteiger partial charge in [0, 0.05) is 32.7 Å². The van der Waals surface area contributed by atoms with Crippen molar-refractivity contribution in [2.45, 2.75) is 12.8 Å². The summed E-state index contributed by atoms with van der Waals surface area (Å²) in [4.78, 5) is 4.88. The molecule has 0 amide bonds. The van der Waals surface area contributed by atoms with E-state index in [2.05, 4.69) is 58.3 Å². The molecule has 1 fully saturated rings. The first kappa shape index (κ1) is 25.7. The highest BCUT2D eigenvalue weighted by atomic mass is 35.5. The van der Waals surface area contributed by atoms with Crippen LogP contribution in [0, 0.1) is 0 Å². The molecule has 1 aliphatic heterocycles. The lowest BCUT2D eigenvalue weighted by molar-refractivity contribution is 0.199. The van der Waals surface area contributed by atoms with Crippen LogP contribution in [0.25, 0.3) is 0 Å². The number of hydrogen-bond acceptors (Lipinski definition) is 5. The van der Waals surface area contributed by atoms with Gasteiger partial charge < -0.3 is 19.1 Å². The number of aryl methyl sites for hydroxylation is 2. The molecular weight excluding hydrogens is 448 g/mol. The Morgan fingerprint density at radius 3 is 2.24 bits per heavy atom. The van der Waals surface area contributed by atoms with Crippen LogP contribution in [-0.2, 0) is 12.8 Å². The number of ether oxygens (including phenoxy) is 3. The summed E-state index contributed by atoms with van der Waals surface area (Å²) in [6, 6.07) is 24.9. The second-order valence-electron chi connectivity index (χ2n) is 8.31. The third-order valence-electron chi connectivity index (χ3n) is 6.25. The number of rotatable bonds is 10. The fourth-order valence-electron chi connectivity index (χ4n) is 4.35. The molecule has 1 aliphatic rings. The molecule has 34 heavy (non-hydrogen) atoms. The molecular formula is C28H35ClN2O3. The summed E-state index contributed by atoms with van der Waals surface area (Å²) in [7, 11) is 3.45. The lowest BCUT2D eigenvalue weighted by atomic mass is 10.0. The van der Waals surface area contributed by atoms with Crippen LogP contribution < -0.4 is 19.1 Å². The van der Waals surface area contributed by atoms with Gasteiger partial charge in [-0.3, -0.25) is 4.90 Å². The zero-order valence-corrected chi connectivity index (χ0v) is 20.9. The second-order valence-corrected chi connectivity index (χ2v) is 8.31. The van der Waals surface area contributed by atoms with Gasteiger partial charge >= 0.3 is 0 Å². The molecule has 0 radical (unpaired) electrons. The molecule has 0 aromatic heterocycles. The molecule has 5 nitrogen and oxygen atoms in total. The van der Waals surface area contributed by atoms with Gasteiger partial charge in [0.05, 0.1) is 19.9 Å². The number of piperazine rings is 1. The van der Waals surface area contributed by atoms with Crippen molar-refractivity contribution in [2.24, 2.45) is 0 Å². The number of anilines is 1. The van der Waals surface area contributed by atoms with Crippen LogP contribution in [0.5, 0.6) is 17.2 Å². The van der Waals surface area contributed by atoms with Gasteiger partial charge in [0.1, 0.15) is 23.9 Å². The average molecular weight is 483 g/mol. The molecule has 3 aromatic rings. The van der Waals surface area contributed by atoms with Gasteiger partial charge in [-0.15, -0.1) is 12.4 Å². The molecule has 0 spiro atoms. The normalized spacial score (nSPS) is 13.8. The molecule has 0 aliphatic carbocycles. The summed E-state index contributed by atoms with van der Waals surface area (Å²) in [5.74, 6) is 2.84. The number of hydrogen-bond donors (Lipinski definition) is 0. The minimum Gasteiger partial charge on any atom is -0.497 e. The predicted octanol–water partition coefficient (Wildman–Crippen LogP) is 5.11. The van der Waals surface area contributed by atoms with E-state index < -0.39 is 0 Å². The SMILES string of the molecule is COc1cccc(CCc2ccccc2OCCN2CCN(c3ccccc3OC)CC2)c1.Cl. The number of nitrogens with zero attached hydrogens (tertiary/aromatic N) is 2. The summed E-state index contributed by atoms with van der Waals surface area (Å²) < 4.78 is 17.1. The van der Waals surface area contributed by atoms with Crippen molar-refractivity contribution in [1.82, 2.24) is 4.90 Å². The third-order valence-corrected chi connectivity index (χ3v) is 6.25. The Morgan fingerprint density at radius 1 is 0.735 bits per heavy atom. The van der Waals surface area contributed by atoms with E-state index in [9.17, 15) is 0 Å². The van der Waals surface area contributed by atoms with E-state index in [4.69, 9.17) is 14.2 Å². The molecule has 0 bridgehead atoms. The van der Waals surface area contributed by atoms with E-state index in [1.807, 2.05) is 24.3 Å². The van der Waals surface area contributed by atoms with Crippen molar-refractivity contribution in [2.75, 3.05) is 58.5 Å². The minimum atomic E-state index is 0. The van der Waals surface area contributed by atoms with Crippen LogP contribution in [0.15, 0.2) is 72.8 Å². The largest absolute Gasteiger partial charge is 0.497 e. The maximum Gasteiger partial charge on any atom is 0.142 e. The van der Waals surface area contributed by atoms with Crippen LogP contribution in [0.1, 0.15) is 11.1 Å². The van der Waals surface area contributed by atoms with E-state index in [-0.39, 0.29) is 12.4 Å². The Kier molecular flexibility index (Phi) is 9.92. The Bertz CT molecular complexity index is 1020. The average Bonchev–Trinajstić information content (AvgIpc) is 2.88. The molecule has 0 N–H and O–H groups in total. The van der Waals surface area contributed by atoms with Crippen molar-refractivity contribution in [3.8, 4) is 17.2 Å². The summed E-state index contributed by atoms with van der Waals surface area (Å²) in [5, 5.41) is 0. The number of methoxy groups -OCH3 is 2. The number of benzene rings is 3. The fraction of sp³-hybridized carbons (Fsp3) is 0.357. The molecule has 1 saturated heterocycles. The van der Waals surface area contributed by atoms with Crippen LogP contribution in [-0.4, -0.2) is 58.5 Å². The molecule has 4 rings (SSSR count). The highest BCUT2D eigenvalue weighted by Gasteiger charge is 2.19. The van der Waals surface area contributed by atoms with Crippen molar-refractivity contribution in [3.05, 3.63) is 83.9 Å². The van der Waals surface area contributed by atoms with Gasteiger partial charge in [-0.05, 0) is 54.3 Å². The van der Waals surface area contributed by atoms with Gasteiger partial charge in [0.25, 0.3) is 0 Å². The van der Waals surface area contributed by atoms with Crippen molar-refractivity contribution < 1.29 is 14.2 Å². The van der Waals surface area contributed by atoms with Crippen molar-refractivity contribution >= 4 is 18.1 Å². The fourth-order valence-corrected chi connectivity index (χ4v) is 4.35. The highest BCUT2D eigenvalue weighted by Crippen LogP contribution is 2.28. The molecule has 3 aromatic carbocycles. The minimum absolute atomic E-state index is 0. The quantitative estimate of drug-likeness (QED) is 0.401. The smallest absolute Gasteiger partial charge is 0.142 e. The standard InChI is InChI=1S/C28H34N2O3.ClH/c1-31-25-10-7-8-23(22-25)14-15-24-9-3-5-12-27(24)33-21-20-29-16-18-30(19-17-29)26-11-4-6-13-28(26)32-2;/h3-13,22H,14-21H2,1-2H3;1H. The first-order chi connectivity index (χ1) is 16.3. The lowest BCUT2D eigenvalue weighted by Crippen LogP contribution is -2.47. The van der Waals surface area contributed by atoms with E-state index in [0.717, 1.165) is 62.8 Å². The summed E-state index contributed by atoms with van der Waals surface area (Å²) in [5.41, 5.74) is 3.71. The van der Waals surface area contributed by atoms with Crippen LogP contribution in [0.4, 0.5) is 5.69 Å². The Hall–Kier alpha value is -2.89. The molecule has 0 unspecified atom stereocenters. The predicted molar refractivity (Wildman–Crippen MR) is 141 cm³/mol. The lowest BCUT2D eigenvalue weighted by Gasteiger charge is -2.36. The highest BCUT2D eigenvalue weighted by molar-refractivity contribution is 5.85. The second kappa shape index (κ2) is 13.1. The summed E-state index contributed by atoms with van der Waals surface area (Å²) in [6.45, 7) is 5.68. The van der Waals surface area contributed by atoms with Crippen LogP contribution in [0.3, 0.4) is 0 Å². The molecule has 1 heterocycles. The summed E-state index contributed by atoms with van der Waals surface area (Å²) >= 11 is 0. The maximum atomic E-state index is 6.22. The Balaban J connectivity index is 0.00000324. The maximum absolute atomic E-state index is 6.22. The van der Waals surface area contributed by atoms with Gasteiger partial charge in [0.15, 0.2) is 0 Å². The van der Waals surface area contributed by atoms with Gasteiger partial charge in [-0.2, -0.15) is 0 Å². The van der Waals surface area contributed by atoms with Gasteiger partial charge in [-0.1, -0.05) is 42.5 Å². The first-order valence-electron chi connectivity index (χ1n) is 11.7. The topological polar surface area (TPSA) is 34.2 Å². The number of halogens is 1. The van der Waals surface area contributed by atoms with Gasteiger partial charge in [0.2, 0.25) is 0 Å². The van der Waals surface area contributed by atoms with E-state index in [1.54, 1.807) is 14.2 Å². The van der Waals surface area contributed by atoms with Crippen molar-refractivity contribution in [1.29, 1.82) is 0 Å². The monoisotopic (exact) mass is 482 g/mol. The first-order valence-corrected chi connectivity index (χ1v) is 11.7. The third kappa shape index (κ3) is 6.81. The zero-order chi connectivity index (χ0) is 22.9. The molecule has 182 valence electrons. The summed E-state index contributed by atoms with van der Waals surface area (Å²) in [6.07, 6.45) is 1.91. The van der Waals surface area contributed by atoms with Crippen molar-refractivity contribution in [3.63, 3.8) is 0 Å². The Labute approximate surface area is 209 Å². The van der Waals surface area contributed by atoms with E-state index in [1.165, 1.54) is 16.8 Å². The van der Waals surface area contributed by atoms with E-state index >= 15 is 0 Å². The van der Waals surface area contributed by atoms with E-state index in [0.29, 0.717) is 6.61 Å². The Morgan fingerprint density at radius 2 is 1.47 bits per heavy atom. The molecule has 0 saturated carbocycles. The van der Waals surface area contributed by atoms with Gasteiger partial charge in [-0.25, -0.2) is 0 Å². The number of para-hydroxylation sites is 3. The molecule has 6 heteroatoms. The van der Waals surface area contributed by atoms with Crippen LogP contribution in [0.2, 0.25) is 0 Å².